The van der Waals surface area contributed by atoms with Gasteiger partial charge in [0.1, 0.15) is 30.7 Å². The average Bonchev–Trinajstić information content (AvgIpc) is 2.73. The van der Waals surface area contributed by atoms with Crippen molar-refractivity contribution in [3.05, 3.63) is 34.9 Å². The molecule has 0 radical (unpaired) electrons. The first kappa shape index (κ1) is 16.1. The van der Waals surface area contributed by atoms with E-state index in [4.69, 9.17) is 20.9 Å². The second-order valence-electron chi connectivity index (χ2n) is 5.01. The van der Waals surface area contributed by atoms with Gasteiger partial charge < -0.3 is 26.0 Å². The van der Waals surface area contributed by atoms with E-state index in [1.54, 1.807) is 0 Å². The Balaban J connectivity index is 2.11. The number of ether oxygens (including phenoxy) is 2. The van der Waals surface area contributed by atoms with Crippen LogP contribution in [0.3, 0.4) is 0 Å². The quantitative estimate of drug-likeness (QED) is 0.452. The molecule has 0 aliphatic carbocycles. The van der Waals surface area contributed by atoms with E-state index in [0.717, 1.165) is 4.57 Å². The maximum absolute atomic E-state index is 11.8. The largest absolute Gasteiger partial charge is 0.462 e. The molecule has 2 heterocycles. The summed E-state index contributed by atoms with van der Waals surface area (Å²) in [6.07, 6.45) is -1.45. The number of rotatable bonds is 4. The minimum absolute atomic E-state index is 0.0767. The molecule has 0 bridgehead atoms. The predicted octanol–water partition coefficient (Wildman–Crippen LogP) is -1.47. The van der Waals surface area contributed by atoms with Gasteiger partial charge in [0.15, 0.2) is 6.23 Å². The molecule has 22 heavy (non-hydrogen) atoms. The van der Waals surface area contributed by atoms with Crippen LogP contribution in [0.5, 0.6) is 0 Å². The van der Waals surface area contributed by atoms with Gasteiger partial charge in [-0.3, -0.25) is 9.36 Å². The lowest BCUT2D eigenvalue weighted by molar-refractivity contribution is -0.151. The number of aliphatic hydroxyl groups is 1. The lowest BCUT2D eigenvalue weighted by Crippen LogP contribution is -2.34. The van der Waals surface area contributed by atoms with Gasteiger partial charge in [-0.1, -0.05) is 6.58 Å². The van der Waals surface area contributed by atoms with Crippen LogP contribution in [-0.4, -0.2) is 45.5 Å². The summed E-state index contributed by atoms with van der Waals surface area (Å²) in [5.74, 6) is -0.538. The lowest BCUT2D eigenvalue weighted by atomic mass is 10.1. The van der Waals surface area contributed by atoms with Crippen LogP contribution < -0.4 is 17.2 Å². The number of carbonyl (C=O) groups excluding carboxylic acids is 1. The summed E-state index contributed by atoms with van der Waals surface area (Å²) in [5.41, 5.74) is 10.4. The molecule has 9 nitrogen and oxygen atoms in total. The van der Waals surface area contributed by atoms with E-state index in [0.29, 0.717) is 0 Å². The second kappa shape index (κ2) is 6.26. The summed E-state index contributed by atoms with van der Waals surface area (Å²) in [4.78, 5) is 26.7. The predicted molar refractivity (Wildman–Crippen MR) is 76.6 cm³/mol. The molecule has 0 amide bonds. The lowest BCUT2D eigenvalue weighted by Gasteiger charge is -2.16. The van der Waals surface area contributed by atoms with Gasteiger partial charge in [-0.25, -0.2) is 4.79 Å². The van der Waals surface area contributed by atoms with Crippen molar-refractivity contribution in [3.8, 4) is 0 Å². The molecule has 2 rings (SSSR count). The number of esters is 1. The number of aromatic nitrogens is 2. The van der Waals surface area contributed by atoms with E-state index in [-0.39, 0.29) is 18.0 Å². The summed E-state index contributed by atoms with van der Waals surface area (Å²) in [6.45, 7) is 4.99. The minimum Gasteiger partial charge on any atom is -0.462 e. The first-order valence-electron chi connectivity index (χ1n) is 6.60. The van der Waals surface area contributed by atoms with Gasteiger partial charge in [0, 0.05) is 11.8 Å². The van der Waals surface area contributed by atoms with Crippen molar-refractivity contribution in [1.29, 1.82) is 0 Å². The fraction of sp³-hybridized carbons (Fsp3) is 0.462. The Morgan fingerprint density at radius 1 is 1.68 bits per heavy atom. The fourth-order valence-electron chi connectivity index (χ4n) is 1.99. The number of carbonyl (C=O) groups is 1. The van der Waals surface area contributed by atoms with Gasteiger partial charge >= 0.3 is 11.7 Å². The van der Waals surface area contributed by atoms with Gasteiger partial charge in [0.2, 0.25) is 0 Å². The molecule has 9 heteroatoms. The highest BCUT2D eigenvalue weighted by molar-refractivity contribution is 5.74. The number of hydrogen-bond acceptors (Lipinski definition) is 8. The molecule has 1 aliphatic heterocycles. The number of anilines is 1. The third kappa shape index (κ3) is 3.16. The van der Waals surface area contributed by atoms with Crippen LogP contribution in [0.25, 0.3) is 0 Å². The van der Waals surface area contributed by atoms with Crippen molar-refractivity contribution < 1.29 is 19.4 Å². The van der Waals surface area contributed by atoms with Gasteiger partial charge in [0.05, 0.1) is 0 Å². The molecule has 1 fully saturated rings. The Kier molecular flexibility index (Phi) is 4.59. The van der Waals surface area contributed by atoms with Gasteiger partial charge in [-0.2, -0.15) is 4.98 Å². The Labute approximate surface area is 126 Å². The molecule has 120 valence electrons. The maximum Gasteiger partial charge on any atom is 0.351 e. The average molecular weight is 310 g/mol. The molecule has 0 spiro atoms. The second-order valence-corrected chi connectivity index (χ2v) is 5.01. The monoisotopic (exact) mass is 310 g/mol. The number of nitrogens with zero attached hydrogens (tertiary/aromatic N) is 2. The van der Waals surface area contributed by atoms with Crippen molar-refractivity contribution >= 4 is 11.8 Å². The Hall–Kier alpha value is -2.23. The molecule has 4 atom stereocenters. The molecule has 1 aliphatic rings. The topological polar surface area (TPSA) is 143 Å². The van der Waals surface area contributed by atoms with E-state index in [9.17, 15) is 14.7 Å². The van der Waals surface area contributed by atoms with Crippen molar-refractivity contribution in [1.82, 2.24) is 9.55 Å². The van der Waals surface area contributed by atoms with Crippen molar-refractivity contribution in [2.24, 2.45) is 5.73 Å². The third-order valence-corrected chi connectivity index (χ3v) is 3.22. The Bertz CT molecular complexity index is 642. The first-order chi connectivity index (χ1) is 10.3. The zero-order valence-corrected chi connectivity index (χ0v) is 12.0. The molecule has 0 aromatic carbocycles. The summed E-state index contributed by atoms with van der Waals surface area (Å²) < 4.78 is 11.6. The summed E-state index contributed by atoms with van der Waals surface area (Å²) >= 11 is 0. The number of aliphatic hydroxyl groups excluding tert-OH is 1. The van der Waals surface area contributed by atoms with Crippen LogP contribution in [0.2, 0.25) is 0 Å². The van der Waals surface area contributed by atoms with E-state index in [1.807, 2.05) is 0 Å². The number of nitrogens with two attached hydrogens (primary N) is 2. The SMILES string of the molecule is C=C1[C@H](n2ccc(N)nc2=O)O[C@H](COC(=O)C(C)N)[C@H]1O. The summed E-state index contributed by atoms with van der Waals surface area (Å²) in [5, 5.41) is 10.1. The van der Waals surface area contributed by atoms with E-state index in [2.05, 4.69) is 11.6 Å². The van der Waals surface area contributed by atoms with E-state index in [1.165, 1.54) is 19.2 Å². The standard InChI is InChI=1S/C13H18N4O5/c1-6-10(18)8(5-21-12(19)7(2)14)22-11(6)17-4-3-9(15)16-13(17)20/h3-4,7-8,10-11,18H,1,5,14H2,2H3,(H2,15,16,20)/t7?,8-,10+,11-/m1/s1. The van der Waals surface area contributed by atoms with Crippen LogP contribution in [-0.2, 0) is 14.3 Å². The first-order valence-corrected chi connectivity index (χ1v) is 6.60. The normalized spacial score (nSPS) is 26.0. The van der Waals surface area contributed by atoms with Gasteiger partial charge in [0.25, 0.3) is 0 Å². The summed E-state index contributed by atoms with van der Waals surface area (Å²) in [7, 11) is 0. The van der Waals surface area contributed by atoms with E-state index < -0.39 is 36.1 Å². The number of hydrogen-bond donors (Lipinski definition) is 3. The van der Waals surface area contributed by atoms with Gasteiger partial charge in [-0.05, 0) is 13.0 Å². The fourth-order valence-corrected chi connectivity index (χ4v) is 1.99. The van der Waals surface area contributed by atoms with Crippen molar-refractivity contribution in [2.45, 2.75) is 31.4 Å². The smallest absolute Gasteiger partial charge is 0.351 e. The van der Waals surface area contributed by atoms with Crippen molar-refractivity contribution in [2.75, 3.05) is 12.3 Å². The molecular weight excluding hydrogens is 292 g/mol. The Morgan fingerprint density at radius 2 is 2.36 bits per heavy atom. The molecule has 0 saturated carbocycles. The van der Waals surface area contributed by atoms with Crippen LogP contribution in [0.4, 0.5) is 5.82 Å². The number of nitrogen functional groups attached to an aromatic ring is 1. The molecule has 1 aromatic rings. The van der Waals surface area contributed by atoms with Gasteiger partial charge in [-0.15, -0.1) is 0 Å². The molecular formula is C13H18N4O5. The molecule has 1 unspecified atom stereocenters. The molecule has 1 saturated heterocycles. The van der Waals surface area contributed by atoms with E-state index >= 15 is 0 Å². The van der Waals surface area contributed by atoms with Crippen LogP contribution >= 0.6 is 0 Å². The highest BCUT2D eigenvalue weighted by Crippen LogP contribution is 2.32. The highest BCUT2D eigenvalue weighted by atomic mass is 16.6. The maximum atomic E-state index is 11.8. The molecule has 5 N–H and O–H groups in total. The van der Waals surface area contributed by atoms with Crippen LogP contribution in [0.15, 0.2) is 29.2 Å². The Morgan fingerprint density at radius 3 is 2.95 bits per heavy atom. The van der Waals surface area contributed by atoms with Crippen LogP contribution in [0.1, 0.15) is 13.2 Å². The third-order valence-electron chi connectivity index (χ3n) is 3.22. The van der Waals surface area contributed by atoms with Crippen molar-refractivity contribution in [3.63, 3.8) is 0 Å². The molecule has 1 aromatic heterocycles. The summed E-state index contributed by atoms with van der Waals surface area (Å²) in [6, 6.07) is 0.648. The zero-order valence-electron chi connectivity index (χ0n) is 12.0. The minimum atomic E-state index is -1.09. The van der Waals surface area contributed by atoms with Crippen LogP contribution in [0, 0.1) is 0 Å². The zero-order chi connectivity index (χ0) is 16.4. The highest BCUT2D eigenvalue weighted by Gasteiger charge is 2.39.